The number of likely N-dealkylation sites (tertiary alicyclic amines) is 1. The zero-order valence-electron chi connectivity index (χ0n) is 14.4. The molecule has 0 amide bonds. The fourth-order valence-corrected chi connectivity index (χ4v) is 4.40. The van der Waals surface area contributed by atoms with Gasteiger partial charge in [-0.3, -0.25) is 4.90 Å². The second-order valence-corrected chi connectivity index (χ2v) is 7.13. The number of aromatic nitrogens is 2. The van der Waals surface area contributed by atoms with Crippen molar-refractivity contribution in [1.82, 2.24) is 14.9 Å². The Morgan fingerprint density at radius 2 is 1.96 bits per heavy atom. The summed E-state index contributed by atoms with van der Waals surface area (Å²) in [5.74, 6) is 1.08. The van der Waals surface area contributed by atoms with Gasteiger partial charge in [0.25, 0.3) is 0 Å². The van der Waals surface area contributed by atoms with Gasteiger partial charge in [-0.2, -0.15) is 0 Å². The number of fused-ring (bicyclic) bond motifs is 1. The SMILES string of the molecule is Cc1cccc2ncnc(N3CCCC3CN3CCCC3CO)c12. The zero-order valence-corrected chi connectivity index (χ0v) is 14.4. The van der Waals surface area contributed by atoms with Crippen LogP contribution in [0.1, 0.15) is 31.2 Å². The third kappa shape index (κ3) is 2.76. The predicted octanol–water partition coefficient (Wildman–Crippen LogP) is 2.36. The standard InChI is InChI=1S/C19H26N4O/c1-14-5-2-8-17-18(14)19(21-13-20-17)23-10-4-6-15(23)11-22-9-3-7-16(22)12-24/h2,5,8,13,15-16,24H,3-4,6-7,9-12H2,1H3. The van der Waals surface area contributed by atoms with Crippen LogP contribution in [0, 0.1) is 6.92 Å². The quantitative estimate of drug-likeness (QED) is 0.935. The maximum Gasteiger partial charge on any atom is 0.140 e. The van der Waals surface area contributed by atoms with Crippen molar-refractivity contribution >= 4 is 16.7 Å². The molecule has 1 aromatic carbocycles. The first-order valence-electron chi connectivity index (χ1n) is 9.10. The Labute approximate surface area is 143 Å². The van der Waals surface area contributed by atoms with Crippen LogP contribution in [-0.4, -0.2) is 58.3 Å². The summed E-state index contributed by atoms with van der Waals surface area (Å²) in [6.45, 7) is 5.62. The second-order valence-electron chi connectivity index (χ2n) is 7.13. The molecule has 0 aliphatic carbocycles. The van der Waals surface area contributed by atoms with Gasteiger partial charge in [-0.1, -0.05) is 12.1 Å². The number of aliphatic hydroxyl groups is 1. The monoisotopic (exact) mass is 326 g/mol. The minimum absolute atomic E-state index is 0.280. The van der Waals surface area contributed by atoms with Crippen LogP contribution in [0.4, 0.5) is 5.82 Å². The summed E-state index contributed by atoms with van der Waals surface area (Å²) in [4.78, 5) is 14.1. The van der Waals surface area contributed by atoms with Gasteiger partial charge in [0.2, 0.25) is 0 Å². The first-order chi connectivity index (χ1) is 11.8. The van der Waals surface area contributed by atoms with E-state index in [9.17, 15) is 5.11 Å². The van der Waals surface area contributed by atoms with Gasteiger partial charge in [-0.25, -0.2) is 9.97 Å². The van der Waals surface area contributed by atoms with Crippen LogP contribution < -0.4 is 4.90 Å². The Balaban J connectivity index is 1.64. The van der Waals surface area contributed by atoms with Crippen molar-refractivity contribution in [3.63, 3.8) is 0 Å². The molecule has 2 saturated heterocycles. The van der Waals surface area contributed by atoms with Crippen LogP contribution in [0.25, 0.3) is 10.9 Å². The zero-order chi connectivity index (χ0) is 16.5. The number of aliphatic hydroxyl groups excluding tert-OH is 1. The smallest absolute Gasteiger partial charge is 0.140 e. The molecular weight excluding hydrogens is 300 g/mol. The molecule has 2 unspecified atom stereocenters. The molecule has 0 bridgehead atoms. The minimum Gasteiger partial charge on any atom is -0.395 e. The van der Waals surface area contributed by atoms with E-state index in [-0.39, 0.29) is 6.61 Å². The van der Waals surface area contributed by atoms with Crippen molar-refractivity contribution in [3.8, 4) is 0 Å². The van der Waals surface area contributed by atoms with Gasteiger partial charge in [0.15, 0.2) is 0 Å². The summed E-state index contributed by atoms with van der Waals surface area (Å²) >= 11 is 0. The van der Waals surface area contributed by atoms with E-state index in [1.54, 1.807) is 6.33 Å². The summed E-state index contributed by atoms with van der Waals surface area (Å²) < 4.78 is 0. The van der Waals surface area contributed by atoms with Crippen LogP contribution in [0.2, 0.25) is 0 Å². The summed E-state index contributed by atoms with van der Waals surface area (Å²) in [5.41, 5.74) is 2.27. The van der Waals surface area contributed by atoms with Crippen molar-refractivity contribution in [1.29, 1.82) is 0 Å². The molecule has 24 heavy (non-hydrogen) atoms. The van der Waals surface area contributed by atoms with Crippen LogP contribution in [0.3, 0.4) is 0 Å². The minimum atomic E-state index is 0.280. The fraction of sp³-hybridized carbons (Fsp3) is 0.579. The number of nitrogens with zero attached hydrogens (tertiary/aromatic N) is 4. The number of rotatable bonds is 4. The van der Waals surface area contributed by atoms with E-state index in [2.05, 4.69) is 44.9 Å². The summed E-state index contributed by atoms with van der Waals surface area (Å²) in [6, 6.07) is 7.10. The lowest BCUT2D eigenvalue weighted by molar-refractivity contribution is 0.153. The van der Waals surface area contributed by atoms with Gasteiger partial charge >= 0.3 is 0 Å². The molecule has 2 aliphatic rings. The van der Waals surface area contributed by atoms with E-state index >= 15 is 0 Å². The van der Waals surface area contributed by atoms with Crippen LogP contribution >= 0.6 is 0 Å². The fourth-order valence-electron chi connectivity index (χ4n) is 4.40. The van der Waals surface area contributed by atoms with Gasteiger partial charge in [0.05, 0.1) is 12.1 Å². The van der Waals surface area contributed by atoms with Crippen LogP contribution in [0.15, 0.2) is 24.5 Å². The molecule has 0 saturated carbocycles. The van der Waals surface area contributed by atoms with E-state index in [0.717, 1.165) is 37.4 Å². The molecule has 2 aromatic rings. The first kappa shape index (κ1) is 15.8. The molecule has 5 nitrogen and oxygen atoms in total. The second kappa shape index (κ2) is 6.65. The Morgan fingerprint density at radius 1 is 1.12 bits per heavy atom. The van der Waals surface area contributed by atoms with Crippen molar-refractivity contribution in [2.24, 2.45) is 0 Å². The maximum atomic E-state index is 9.60. The number of aryl methyl sites for hydroxylation is 1. The molecule has 2 fully saturated rings. The van der Waals surface area contributed by atoms with Gasteiger partial charge in [0, 0.05) is 30.6 Å². The number of hydrogen-bond donors (Lipinski definition) is 1. The molecule has 4 rings (SSSR count). The summed E-state index contributed by atoms with van der Waals surface area (Å²) in [6.07, 6.45) is 6.43. The van der Waals surface area contributed by atoms with Crippen molar-refractivity contribution < 1.29 is 5.11 Å². The van der Waals surface area contributed by atoms with Gasteiger partial charge in [0.1, 0.15) is 12.1 Å². The lowest BCUT2D eigenvalue weighted by Crippen LogP contribution is -2.43. The highest BCUT2D eigenvalue weighted by Crippen LogP contribution is 2.32. The predicted molar refractivity (Wildman–Crippen MR) is 96.3 cm³/mol. The lowest BCUT2D eigenvalue weighted by atomic mass is 10.1. The van der Waals surface area contributed by atoms with E-state index in [1.807, 2.05) is 0 Å². The Morgan fingerprint density at radius 3 is 2.83 bits per heavy atom. The van der Waals surface area contributed by atoms with E-state index in [1.165, 1.54) is 30.2 Å². The van der Waals surface area contributed by atoms with Gasteiger partial charge in [-0.15, -0.1) is 0 Å². The lowest BCUT2D eigenvalue weighted by Gasteiger charge is -2.32. The molecule has 3 heterocycles. The van der Waals surface area contributed by atoms with E-state index in [4.69, 9.17) is 0 Å². The summed E-state index contributed by atoms with van der Waals surface area (Å²) in [5, 5.41) is 10.8. The average molecular weight is 326 g/mol. The van der Waals surface area contributed by atoms with Crippen molar-refractivity contribution in [2.45, 2.75) is 44.7 Å². The molecule has 2 aliphatic heterocycles. The number of anilines is 1. The molecular formula is C19H26N4O. The Hall–Kier alpha value is -1.72. The third-order valence-corrected chi connectivity index (χ3v) is 5.66. The van der Waals surface area contributed by atoms with E-state index < -0.39 is 0 Å². The molecule has 128 valence electrons. The van der Waals surface area contributed by atoms with Crippen molar-refractivity contribution in [3.05, 3.63) is 30.1 Å². The van der Waals surface area contributed by atoms with Crippen LogP contribution in [0.5, 0.6) is 0 Å². The summed E-state index contributed by atoms with van der Waals surface area (Å²) in [7, 11) is 0. The number of benzene rings is 1. The highest BCUT2D eigenvalue weighted by Gasteiger charge is 2.32. The Kier molecular flexibility index (Phi) is 4.37. The number of hydrogen-bond acceptors (Lipinski definition) is 5. The first-order valence-corrected chi connectivity index (χ1v) is 9.10. The van der Waals surface area contributed by atoms with E-state index in [0.29, 0.717) is 12.1 Å². The van der Waals surface area contributed by atoms with Gasteiger partial charge in [-0.05, 0) is 50.8 Å². The average Bonchev–Trinajstić information content (AvgIpc) is 3.24. The molecule has 2 atom stereocenters. The molecule has 0 spiro atoms. The van der Waals surface area contributed by atoms with Gasteiger partial charge < -0.3 is 10.0 Å². The van der Waals surface area contributed by atoms with Crippen LogP contribution in [-0.2, 0) is 0 Å². The Bertz CT molecular complexity index is 714. The molecule has 0 radical (unpaired) electrons. The molecule has 5 heteroatoms. The normalized spacial score (nSPS) is 25.0. The highest BCUT2D eigenvalue weighted by molar-refractivity contribution is 5.92. The molecule has 1 N–H and O–H groups in total. The molecule has 1 aromatic heterocycles. The third-order valence-electron chi connectivity index (χ3n) is 5.66. The maximum absolute atomic E-state index is 9.60. The van der Waals surface area contributed by atoms with Crippen molar-refractivity contribution in [2.75, 3.05) is 31.1 Å². The largest absolute Gasteiger partial charge is 0.395 e. The topological polar surface area (TPSA) is 52.5 Å². The highest BCUT2D eigenvalue weighted by atomic mass is 16.3.